The van der Waals surface area contributed by atoms with Crippen LogP contribution in [0.4, 0.5) is 0 Å². The third-order valence-corrected chi connectivity index (χ3v) is 5.10. The fraction of sp³-hybridized carbons (Fsp3) is 0.0400. The summed E-state index contributed by atoms with van der Waals surface area (Å²) < 4.78 is 0. The summed E-state index contributed by atoms with van der Waals surface area (Å²) in [5.74, 6) is 0.00864. The molecule has 0 amide bonds. The van der Waals surface area contributed by atoms with Crippen LogP contribution < -0.4 is 0 Å². The maximum absolute atomic E-state index is 13.5. The normalized spacial score (nSPS) is 11.2. The summed E-state index contributed by atoms with van der Waals surface area (Å²) in [4.78, 5) is 21.7. The second-order valence-corrected chi connectivity index (χ2v) is 7.01. The molecular formula is C25H18N2O. The van der Waals surface area contributed by atoms with Gasteiger partial charge < -0.3 is 4.98 Å². The van der Waals surface area contributed by atoms with Crippen LogP contribution in [0.3, 0.4) is 0 Å². The molecule has 28 heavy (non-hydrogen) atoms. The lowest BCUT2D eigenvalue weighted by molar-refractivity contribution is 0.104. The monoisotopic (exact) mass is 362 g/mol. The molecule has 0 atom stereocenters. The van der Waals surface area contributed by atoms with E-state index in [1.54, 1.807) is 0 Å². The molecule has 0 radical (unpaired) electrons. The van der Waals surface area contributed by atoms with Crippen molar-refractivity contribution in [1.29, 1.82) is 0 Å². The number of pyridine rings is 1. The molecule has 1 N–H and O–H groups in total. The fourth-order valence-electron chi connectivity index (χ4n) is 3.64. The Morgan fingerprint density at radius 2 is 1.57 bits per heavy atom. The van der Waals surface area contributed by atoms with Gasteiger partial charge in [0, 0.05) is 33.0 Å². The van der Waals surface area contributed by atoms with Crippen LogP contribution in [0.5, 0.6) is 0 Å². The van der Waals surface area contributed by atoms with Crippen LogP contribution in [0, 0.1) is 6.92 Å². The molecule has 0 saturated carbocycles. The molecule has 0 unspecified atom stereocenters. The van der Waals surface area contributed by atoms with Crippen LogP contribution in [0.25, 0.3) is 33.2 Å². The number of rotatable bonds is 3. The lowest BCUT2D eigenvalue weighted by atomic mass is 9.97. The van der Waals surface area contributed by atoms with Gasteiger partial charge in [0.15, 0.2) is 5.78 Å². The van der Waals surface area contributed by atoms with Crippen LogP contribution in [-0.2, 0) is 0 Å². The van der Waals surface area contributed by atoms with Crippen LogP contribution in [0.1, 0.15) is 21.5 Å². The fourth-order valence-corrected chi connectivity index (χ4v) is 3.64. The first-order valence-electron chi connectivity index (χ1n) is 9.29. The second kappa shape index (κ2) is 6.46. The molecular weight excluding hydrogens is 344 g/mol. The van der Waals surface area contributed by atoms with E-state index >= 15 is 0 Å². The minimum atomic E-state index is 0.00864. The number of nitrogens with one attached hydrogen (secondary N) is 1. The van der Waals surface area contributed by atoms with Gasteiger partial charge in [-0.2, -0.15) is 0 Å². The molecule has 0 saturated heterocycles. The van der Waals surface area contributed by atoms with Gasteiger partial charge in [-0.25, -0.2) is 4.98 Å². The smallest absolute Gasteiger partial charge is 0.193 e. The van der Waals surface area contributed by atoms with Crippen molar-refractivity contribution in [2.24, 2.45) is 0 Å². The van der Waals surface area contributed by atoms with Crippen molar-refractivity contribution in [3.05, 3.63) is 102 Å². The van der Waals surface area contributed by atoms with Gasteiger partial charge >= 0.3 is 0 Å². The first-order valence-corrected chi connectivity index (χ1v) is 9.29. The van der Waals surface area contributed by atoms with Gasteiger partial charge in [-0.3, -0.25) is 4.79 Å². The van der Waals surface area contributed by atoms with Gasteiger partial charge in [0.25, 0.3) is 0 Å². The van der Waals surface area contributed by atoms with Crippen molar-refractivity contribution in [2.45, 2.75) is 6.92 Å². The van der Waals surface area contributed by atoms with Crippen molar-refractivity contribution in [3.8, 4) is 11.3 Å². The number of aromatic amines is 1. The van der Waals surface area contributed by atoms with Crippen LogP contribution in [-0.4, -0.2) is 15.8 Å². The number of para-hydroxylation sites is 1. The molecule has 3 nitrogen and oxygen atoms in total. The van der Waals surface area contributed by atoms with Crippen molar-refractivity contribution >= 4 is 27.7 Å². The number of carbonyl (C=O) groups is 1. The Labute approximate surface area is 162 Å². The van der Waals surface area contributed by atoms with Gasteiger partial charge in [-0.15, -0.1) is 0 Å². The molecule has 0 aliphatic carbocycles. The van der Waals surface area contributed by atoms with Crippen molar-refractivity contribution < 1.29 is 4.79 Å². The first kappa shape index (κ1) is 16.5. The number of nitrogens with zero attached hydrogens (tertiary/aromatic N) is 1. The van der Waals surface area contributed by atoms with Crippen molar-refractivity contribution in [2.75, 3.05) is 0 Å². The Morgan fingerprint density at radius 1 is 0.857 bits per heavy atom. The molecule has 3 aromatic carbocycles. The minimum absolute atomic E-state index is 0.00864. The largest absolute Gasteiger partial charge is 0.339 e. The molecule has 0 aliphatic rings. The summed E-state index contributed by atoms with van der Waals surface area (Å²) in [6.45, 7) is 2.02. The first-order chi connectivity index (χ1) is 13.7. The van der Waals surface area contributed by atoms with Gasteiger partial charge in [-0.05, 0) is 19.1 Å². The predicted molar refractivity (Wildman–Crippen MR) is 114 cm³/mol. The van der Waals surface area contributed by atoms with E-state index in [1.165, 1.54) is 0 Å². The van der Waals surface area contributed by atoms with Crippen LogP contribution in [0.2, 0.25) is 0 Å². The number of H-pyrrole nitrogens is 1. The maximum Gasteiger partial charge on any atom is 0.193 e. The average molecular weight is 362 g/mol. The Bertz CT molecular complexity index is 1320. The highest BCUT2D eigenvalue weighted by Gasteiger charge is 2.19. The lowest BCUT2D eigenvalue weighted by Crippen LogP contribution is -2.03. The zero-order valence-corrected chi connectivity index (χ0v) is 15.4. The molecule has 0 spiro atoms. The van der Waals surface area contributed by atoms with Gasteiger partial charge in [0.2, 0.25) is 0 Å². The van der Waals surface area contributed by atoms with Crippen molar-refractivity contribution in [3.63, 3.8) is 0 Å². The van der Waals surface area contributed by atoms with E-state index < -0.39 is 0 Å². The Morgan fingerprint density at radius 3 is 2.36 bits per heavy atom. The zero-order valence-electron chi connectivity index (χ0n) is 15.4. The number of carbonyl (C=O) groups excluding carboxylic acids is 1. The van der Waals surface area contributed by atoms with E-state index in [4.69, 9.17) is 4.98 Å². The number of hydrogen-bond acceptors (Lipinski definition) is 2. The predicted octanol–water partition coefficient (Wildman–Crippen LogP) is 5.92. The standard InChI is InChI=1S/C25H18N2O/c1-16-11-13-18(14-12-16)24(28)20-15-22(17-7-3-2-4-8-17)27-25-23(20)19-9-5-6-10-21(19)26-25/h2-15H,1H3,(H,26,27). The van der Waals surface area contributed by atoms with E-state index in [0.29, 0.717) is 11.1 Å². The van der Waals surface area contributed by atoms with Crippen LogP contribution in [0.15, 0.2) is 84.9 Å². The molecule has 2 aromatic heterocycles. The number of fused-ring (bicyclic) bond motifs is 3. The summed E-state index contributed by atoms with van der Waals surface area (Å²) in [5, 5.41) is 1.89. The average Bonchev–Trinajstić information content (AvgIpc) is 3.12. The zero-order chi connectivity index (χ0) is 19.1. The summed E-state index contributed by atoms with van der Waals surface area (Å²) in [6, 6.07) is 27.6. The number of aryl methyl sites for hydroxylation is 1. The SMILES string of the molecule is Cc1ccc(C(=O)c2cc(-c3ccccc3)nc3[nH]c4ccccc4c23)cc1. The Kier molecular flexibility index (Phi) is 3.80. The third-order valence-electron chi connectivity index (χ3n) is 5.10. The van der Waals surface area contributed by atoms with E-state index in [1.807, 2.05) is 91.9 Å². The van der Waals surface area contributed by atoms with E-state index in [9.17, 15) is 4.79 Å². The minimum Gasteiger partial charge on any atom is -0.339 e. The number of aromatic nitrogens is 2. The summed E-state index contributed by atoms with van der Waals surface area (Å²) in [7, 11) is 0. The molecule has 0 fully saturated rings. The maximum atomic E-state index is 13.5. The third kappa shape index (κ3) is 2.69. The van der Waals surface area contributed by atoms with Gasteiger partial charge in [-0.1, -0.05) is 78.4 Å². The Hall–Kier alpha value is -3.72. The highest BCUT2D eigenvalue weighted by molar-refractivity contribution is 6.22. The van der Waals surface area contributed by atoms with Gasteiger partial charge in [0.1, 0.15) is 5.65 Å². The molecule has 134 valence electrons. The second-order valence-electron chi connectivity index (χ2n) is 7.01. The lowest BCUT2D eigenvalue weighted by Gasteiger charge is -2.08. The highest BCUT2D eigenvalue weighted by atomic mass is 16.1. The number of hydrogen-bond donors (Lipinski definition) is 1. The van der Waals surface area contributed by atoms with E-state index in [-0.39, 0.29) is 5.78 Å². The van der Waals surface area contributed by atoms with Crippen molar-refractivity contribution in [1.82, 2.24) is 9.97 Å². The number of benzene rings is 3. The molecule has 3 heteroatoms. The molecule has 0 aliphatic heterocycles. The molecule has 2 heterocycles. The summed E-state index contributed by atoms with van der Waals surface area (Å²) in [5.41, 5.74) is 5.98. The van der Waals surface area contributed by atoms with E-state index in [2.05, 4.69) is 4.98 Å². The molecule has 0 bridgehead atoms. The quantitative estimate of drug-likeness (QED) is 0.405. The summed E-state index contributed by atoms with van der Waals surface area (Å²) in [6.07, 6.45) is 0. The molecule has 5 aromatic rings. The number of ketones is 1. The molecule has 5 rings (SSSR count). The van der Waals surface area contributed by atoms with Crippen LogP contribution >= 0.6 is 0 Å². The van der Waals surface area contributed by atoms with Gasteiger partial charge in [0.05, 0.1) is 5.69 Å². The Balaban J connectivity index is 1.81. The van der Waals surface area contributed by atoms with E-state index in [0.717, 1.165) is 38.8 Å². The summed E-state index contributed by atoms with van der Waals surface area (Å²) >= 11 is 0. The highest BCUT2D eigenvalue weighted by Crippen LogP contribution is 2.32. The topological polar surface area (TPSA) is 45.8 Å².